The van der Waals surface area contributed by atoms with E-state index in [0.29, 0.717) is 5.69 Å². The first kappa shape index (κ1) is 16.7. The van der Waals surface area contributed by atoms with Gasteiger partial charge in [-0.2, -0.15) is 0 Å². The molecule has 2 aliphatic heterocycles. The molecule has 0 spiro atoms. The maximum atomic E-state index is 13.0. The number of nitrogens with zero attached hydrogens (tertiary/aromatic N) is 3. The fourth-order valence-electron chi connectivity index (χ4n) is 4.39. The number of benzene rings is 1. The summed E-state index contributed by atoms with van der Waals surface area (Å²) in [4.78, 5) is 27.0. The van der Waals surface area contributed by atoms with Gasteiger partial charge in [-0.1, -0.05) is 30.3 Å². The average molecular weight is 353 g/mol. The van der Waals surface area contributed by atoms with E-state index < -0.39 is 0 Å². The zero-order valence-electron chi connectivity index (χ0n) is 15.3. The Labute approximate surface area is 152 Å². The predicted octanol–water partition coefficient (Wildman–Crippen LogP) is 2.31. The number of fused-ring (bicyclic) bond motifs is 3. The van der Waals surface area contributed by atoms with Crippen LogP contribution in [0.1, 0.15) is 42.2 Å². The summed E-state index contributed by atoms with van der Waals surface area (Å²) >= 11 is 0. The van der Waals surface area contributed by atoms with Crippen LogP contribution in [0.25, 0.3) is 0 Å². The third kappa shape index (κ3) is 2.18. The summed E-state index contributed by atoms with van der Waals surface area (Å²) in [6.45, 7) is 2.20. The largest absolute Gasteiger partial charge is 0.491 e. The molecule has 0 radical (unpaired) electrons. The summed E-state index contributed by atoms with van der Waals surface area (Å²) in [6, 6.07) is 11.8. The molecule has 6 heteroatoms. The lowest BCUT2D eigenvalue weighted by Gasteiger charge is -2.56. The van der Waals surface area contributed by atoms with Gasteiger partial charge in [-0.3, -0.25) is 19.3 Å². The van der Waals surface area contributed by atoms with Gasteiger partial charge in [0.1, 0.15) is 6.17 Å². The van der Waals surface area contributed by atoms with Gasteiger partial charge in [0.25, 0.3) is 5.91 Å². The molecule has 4 rings (SSSR count). The quantitative estimate of drug-likeness (QED) is 0.831. The maximum absolute atomic E-state index is 13.0. The molecule has 136 valence electrons. The van der Waals surface area contributed by atoms with E-state index in [2.05, 4.69) is 24.1 Å². The number of carbonyl (C=O) groups is 1. The van der Waals surface area contributed by atoms with Gasteiger partial charge < -0.3 is 9.64 Å². The highest BCUT2D eigenvalue weighted by atomic mass is 16.5. The second-order valence-electron chi connectivity index (χ2n) is 7.18. The maximum Gasteiger partial charge on any atom is 0.277 e. The molecule has 1 aromatic carbocycles. The molecular weight excluding hydrogens is 330 g/mol. The SMILES string of the molecule is COc1c2n(ccc1=O)N1C(CCC[C@@]1(C)c1ccccc1)N(C)C2=O. The molecule has 26 heavy (non-hydrogen) atoms. The minimum absolute atomic E-state index is 0.0684. The third-order valence-electron chi connectivity index (χ3n) is 5.75. The van der Waals surface area contributed by atoms with E-state index in [0.717, 1.165) is 19.3 Å². The second-order valence-corrected chi connectivity index (χ2v) is 7.18. The smallest absolute Gasteiger partial charge is 0.277 e. The van der Waals surface area contributed by atoms with Gasteiger partial charge in [0.05, 0.1) is 12.6 Å². The minimum Gasteiger partial charge on any atom is -0.491 e. The zero-order valence-corrected chi connectivity index (χ0v) is 15.3. The Balaban J connectivity index is 1.98. The van der Waals surface area contributed by atoms with Crippen LogP contribution in [0.2, 0.25) is 0 Å². The fraction of sp³-hybridized carbons (Fsp3) is 0.400. The molecule has 2 aromatic rings. The van der Waals surface area contributed by atoms with Crippen molar-refractivity contribution in [3.8, 4) is 5.75 Å². The Kier molecular flexibility index (Phi) is 3.79. The highest BCUT2D eigenvalue weighted by molar-refractivity contribution is 5.96. The number of methoxy groups -OCH3 is 1. The topological polar surface area (TPSA) is 54.8 Å². The molecule has 1 aromatic heterocycles. The molecule has 1 saturated heterocycles. The van der Waals surface area contributed by atoms with E-state index in [1.807, 2.05) is 22.9 Å². The Bertz CT molecular complexity index is 908. The molecular formula is C20H23N3O3. The van der Waals surface area contributed by atoms with Crippen molar-refractivity contribution in [1.82, 2.24) is 9.58 Å². The Hall–Kier alpha value is -2.76. The number of ether oxygens (including phenoxy) is 1. The van der Waals surface area contributed by atoms with E-state index in [4.69, 9.17) is 4.74 Å². The van der Waals surface area contributed by atoms with Crippen LogP contribution >= 0.6 is 0 Å². The van der Waals surface area contributed by atoms with Crippen molar-refractivity contribution in [3.63, 3.8) is 0 Å². The minimum atomic E-state index is -0.298. The lowest BCUT2D eigenvalue weighted by molar-refractivity contribution is 0.0470. The van der Waals surface area contributed by atoms with Gasteiger partial charge in [-0.05, 0) is 31.7 Å². The normalized spacial score (nSPS) is 24.9. The number of hydrogen-bond donors (Lipinski definition) is 0. The lowest BCUT2D eigenvalue weighted by Crippen LogP contribution is -2.68. The van der Waals surface area contributed by atoms with Gasteiger partial charge in [-0.15, -0.1) is 0 Å². The van der Waals surface area contributed by atoms with Gasteiger partial charge in [0.15, 0.2) is 11.4 Å². The first-order valence-electron chi connectivity index (χ1n) is 8.91. The molecule has 0 saturated carbocycles. The second kappa shape index (κ2) is 5.90. The number of piperidine rings is 1. The number of hydrogen-bond acceptors (Lipinski definition) is 4. The first-order chi connectivity index (χ1) is 12.5. The fourth-order valence-corrected chi connectivity index (χ4v) is 4.39. The van der Waals surface area contributed by atoms with E-state index in [1.54, 1.807) is 18.1 Å². The highest BCUT2D eigenvalue weighted by Crippen LogP contribution is 2.42. The molecule has 0 aliphatic carbocycles. The summed E-state index contributed by atoms with van der Waals surface area (Å²) in [6.07, 6.45) is 4.50. The number of rotatable bonds is 2. The lowest BCUT2D eigenvalue weighted by atomic mass is 9.81. The summed E-state index contributed by atoms with van der Waals surface area (Å²) in [7, 11) is 3.24. The van der Waals surface area contributed by atoms with Crippen LogP contribution in [-0.4, -0.2) is 35.8 Å². The monoisotopic (exact) mass is 353 g/mol. The third-order valence-corrected chi connectivity index (χ3v) is 5.75. The first-order valence-corrected chi connectivity index (χ1v) is 8.91. The standard InChI is InChI=1S/C20H23N3O3/c1-20(14-8-5-4-6-9-14)12-7-10-16-21(2)19(25)17-18(26-3)15(24)11-13-22(17)23(16)20/h4-6,8-9,11,13,16H,7,10,12H2,1-3H3/t16?,20-/m0/s1. The predicted molar refractivity (Wildman–Crippen MR) is 99.0 cm³/mol. The van der Waals surface area contributed by atoms with Crippen molar-refractivity contribution in [2.75, 3.05) is 19.2 Å². The highest BCUT2D eigenvalue weighted by Gasteiger charge is 2.48. The van der Waals surface area contributed by atoms with E-state index in [-0.39, 0.29) is 28.8 Å². The van der Waals surface area contributed by atoms with E-state index in [1.165, 1.54) is 18.7 Å². The van der Waals surface area contributed by atoms with Crippen LogP contribution in [0.5, 0.6) is 5.75 Å². The van der Waals surface area contributed by atoms with Gasteiger partial charge in [0.2, 0.25) is 5.43 Å². The van der Waals surface area contributed by atoms with Crippen LogP contribution in [-0.2, 0) is 5.54 Å². The average Bonchev–Trinajstić information content (AvgIpc) is 2.66. The van der Waals surface area contributed by atoms with Crippen molar-refractivity contribution in [1.29, 1.82) is 0 Å². The number of amides is 1. The van der Waals surface area contributed by atoms with Crippen molar-refractivity contribution in [3.05, 3.63) is 64.1 Å². The van der Waals surface area contributed by atoms with Crippen LogP contribution in [0.15, 0.2) is 47.4 Å². The van der Waals surface area contributed by atoms with Gasteiger partial charge >= 0.3 is 0 Å². The Morgan fingerprint density at radius 2 is 1.88 bits per heavy atom. The van der Waals surface area contributed by atoms with Crippen molar-refractivity contribution < 1.29 is 9.53 Å². The molecule has 1 amide bonds. The van der Waals surface area contributed by atoms with Crippen LogP contribution in [0.3, 0.4) is 0 Å². The molecule has 0 N–H and O–H groups in total. The molecule has 3 heterocycles. The molecule has 0 bridgehead atoms. The summed E-state index contributed by atoms with van der Waals surface area (Å²) < 4.78 is 7.14. The number of pyridine rings is 1. The summed E-state index contributed by atoms with van der Waals surface area (Å²) in [5.41, 5.74) is 0.907. The van der Waals surface area contributed by atoms with Crippen LogP contribution in [0, 0.1) is 0 Å². The van der Waals surface area contributed by atoms with Crippen molar-refractivity contribution in [2.24, 2.45) is 0 Å². The Morgan fingerprint density at radius 3 is 2.58 bits per heavy atom. The number of carbonyl (C=O) groups excluding carboxylic acids is 1. The van der Waals surface area contributed by atoms with E-state index >= 15 is 0 Å². The molecule has 6 nitrogen and oxygen atoms in total. The summed E-state index contributed by atoms with van der Waals surface area (Å²) in [5.74, 6) is -0.0816. The van der Waals surface area contributed by atoms with Crippen molar-refractivity contribution >= 4 is 5.91 Å². The Morgan fingerprint density at radius 1 is 1.15 bits per heavy atom. The van der Waals surface area contributed by atoms with Gasteiger partial charge in [-0.25, -0.2) is 0 Å². The van der Waals surface area contributed by atoms with E-state index in [9.17, 15) is 9.59 Å². The molecule has 1 fully saturated rings. The summed E-state index contributed by atoms with van der Waals surface area (Å²) in [5, 5.41) is 2.23. The number of aromatic nitrogens is 1. The zero-order chi connectivity index (χ0) is 18.5. The molecule has 2 aliphatic rings. The molecule has 2 atom stereocenters. The van der Waals surface area contributed by atoms with Crippen LogP contribution < -0.4 is 15.2 Å². The van der Waals surface area contributed by atoms with Gasteiger partial charge in [0, 0.05) is 19.3 Å². The van der Waals surface area contributed by atoms with Crippen molar-refractivity contribution in [2.45, 2.75) is 37.9 Å². The van der Waals surface area contributed by atoms with Crippen LogP contribution in [0.4, 0.5) is 0 Å². The molecule has 1 unspecified atom stereocenters.